The third-order valence-corrected chi connectivity index (χ3v) is 13.2. The normalized spacial score (nSPS) is 28.9. The van der Waals surface area contributed by atoms with Crippen LogP contribution in [-0.2, 0) is 22.6 Å². The maximum absolute atomic E-state index is 14.3. The summed E-state index contributed by atoms with van der Waals surface area (Å²) in [6, 6.07) is 8.96. The highest BCUT2D eigenvalue weighted by Gasteiger charge is 2.57. The Morgan fingerprint density at radius 1 is 1.12 bits per heavy atom. The molecule has 0 spiro atoms. The van der Waals surface area contributed by atoms with Gasteiger partial charge in [-0.25, -0.2) is 0 Å². The van der Waals surface area contributed by atoms with Gasteiger partial charge in [0.2, 0.25) is 5.91 Å². The molecule has 2 amide bonds. The summed E-state index contributed by atoms with van der Waals surface area (Å²) in [5.41, 5.74) is 3.62. The minimum atomic E-state index is -0.902. The summed E-state index contributed by atoms with van der Waals surface area (Å²) in [6.07, 6.45) is 1.92. The number of fused-ring (bicyclic) bond motifs is 3. The van der Waals surface area contributed by atoms with Gasteiger partial charge in [-0.3, -0.25) is 14.4 Å². The standard InChI is InChI=1S/C45H68N4O7/c1-25-34-18-30(45(34,8)9)19-35(25)47-42(53)38-37(26(2)51)36(24-50)56-49(38)22-27-14-13-15-32(39(27)54-12)28-16-29-20-44(6,7)55-40(29)33(17-28)41(52)46-31(23-48(10)11)21-43(3,4)5/h13-17,25-26,30-31,34-38,50-51H,18-24H2,1-12H3,(H,46,52)(H,47,53)/t25-,26-,30+,31-,34-,35?,36-,37+,38-/m0/s1. The molecule has 4 fully saturated rings. The lowest BCUT2D eigenvalue weighted by Gasteiger charge is -2.62. The second-order valence-electron chi connectivity index (χ2n) is 20.0. The molecule has 11 nitrogen and oxygen atoms in total. The number of likely N-dealkylation sites (N-methyl/N-ethyl adjacent to an activating group) is 1. The van der Waals surface area contributed by atoms with E-state index in [1.165, 1.54) is 6.42 Å². The van der Waals surface area contributed by atoms with E-state index in [-0.39, 0.29) is 47.9 Å². The highest BCUT2D eigenvalue weighted by Crippen LogP contribution is 2.61. The maximum Gasteiger partial charge on any atom is 0.255 e. The van der Waals surface area contributed by atoms with Crippen LogP contribution in [0.25, 0.3) is 11.1 Å². The van der Waals surface area contributed by atoms with Gasteiger partial charge in [0, 0.05) is 42.1 Å². The van der Waals surface area contributed by atoms with Crippen molar-refractivity contribution in [1.82, 2.24) is 20.6 Å². The zero-order chi connectivity index (χ0) is 41.1. The van der Waals surface area contributed by atoms with Crippen LogP contribution in [-0.4, -0.2) is 102 Å². The number of ether oxygens (including phenoxy) is 2. The van der Waals surface area contributed by atoms with Crippen molar-refractivity contribution in [3.8, 4) is 22.6 Å². The SMILES string of the molecule is COc1c(CN2O[C@@H](CO)[C@@H]([C@H](C)O)[C@H]2C(=O)NC2C[C@H]3C[C@@H]([C@@H]2C)C3(C)C)cccc1-c1cc2c(c(C(=O)N[C@H](CN(C)C)CC(C)(C)C)c1)OC(C)(C)C2. The molecule has 310 valence electrons. The fourth-order valence-electron chi connectivity index (χ4n) is 10.5. The van der Waals surface area contributed by atoms with Gasteiger partial charge in [0.15, 0.2) is 0 Å². The number of hydrogen-bond donors (Lipinski definition) is 4. The van der Waals surface area contributed by atoms with Crippen LogP contribution in [0.5, 0.6) is 11.5 Å². The Balaban J connectivity index is 1.32. The second kappa shape index (κ2) is 15.9. The molecule has 1 unspecified atom stereocenters. The molecule has 7 rings (SSSR count). The summed E-state index contributed by atoms with van der Waals surface area (Å²) in [5, 5.41) is 29.7. The van der Waals surface area contributed by atoms with E-state index >= 15 is 0 Å². The predicted molar refractivity (Wildman–Crippen MR) is 218 cm³/mol. The molecule has 3 saturated carbocycles. The first-order valence-electron chi connectivity index (χ1n) is 20.6. The van der Waals surface area contributed by atoms with E-state index in [4.69, 9.17) is 14.3 Å². The number of benzene rings is 2. The number of methoxy groups -OCH3 is 1. The van der Waals surface area contributed by atoms with Gasteiger partial charge >= 0.3 is 0 Å². The molecule has 2 bridgehead atoms. The highest BCUT2D eigenvalue weighted by atomic mass is 16.7. The number of rotatable bonds is 13. The van der Waals surface area contributed by atoms with Crippen LogP contribution in [0, 0.1) is 34.5 Å². The number of nitrogens with one attached hydrogen (secondary N) is 2. The van der Waals surface area contributed by atoms with Crippen molar-refractivity contribution in [2.45, 2.75) is 130 Å². The first kappa shape index (κ1) is 42.4. The fourth-order valence-corrected chi connectivity index (χ4v) is 10.5. The molecule has 2 aromatic carbocycles. The zero-order valence-corrected chi connectivity index (χ0v) is 35.9. The number of amides is 2. The lowest BCUT2D eigenvalue weighted by atomic mass is 9.45. The van der Waals surface area contributed by atoms with Crippen LogP contribution in [0.2, 0.25) is 0 Å². The average Bonchev–Trinajstić information content (AvgIpc) is 3.62. The van der Waals surface area contributed by atoms with Gasteiger partial charge in [0.25, 0.3) is 5.91 Å². The number of aliphatic hydroxyl groups is 2. The number of aliphatic hydroxyl groups excluding tert-OH is 2. The zero-order valence-electron chi connectivity index (χ0n) is 35.9. The Bertz CT molecular complexity index is 1770. The van der Waals surface area contributed by atoms with Crippen molar-refractivity contribution < 1.29 is 34.1 Å². The minimum absolute atomic E-state index is 0.0149. The molecule has 5 aliphatic rings. The molecule has 2 heterocycles. The average molecular weight is 777 g/mol. The second-order valence-corrected chi connectivity index (χ2v) is 20.0. The Labute approximate surface area is 334 Å². The van der Waals surface area contributed by atoms with E-state index in [0.717, 1.165) is 35.1 Å². The molecule has 2 aromatic rings. The van der Waals surface area contributed by atoms with E-state index in [9.17, 15) is 19.8 Å². The molecule has 1 saturated heterocycles. The van der Waals surface area contributed by atoms with Crippen LogP contribution in [0.4, 0.5) is 0 Å². The largest absolute Gasteiger partial charge is 0.496 e. The molecule has 3 aliphatic carbocycles. The van der Waals surface area contributed by atoms with Gasteiger partial charge in [0.1, 0.15) is 29.2 Å². The van der Waals surface area contributed by atoms with E-state index in [1.54, 1.807) is 19.1 Å². The topological polar surface area (TPSA) is 133 Å². The van der Waals surface area contributed by atoms with Gasteiger partial charge in [0.05, 0.1) is 31.9 Å². The molecule has 0 aromatic heterocycles. The van der Waals surface area contributed by atoms with Crippen LogP contribution in [0.15, 0.2) is 30.3 Å². The number of hydroxylamine groups is 2. The van der Waals surface area contributed by atoms with Crippen molar-refractivity contribution in [2.24, 2.45) is 34.5 Å². The van der Waals surface area contributed by atoms with Crippen LogP contribution < -0.4 is 20.1 Å². The molecular formula is C45H68N4O7. The Morgan fingerprint density at radius 2 is 1.84 bits per heavy atom. The Kier molecular flexibility index (Phi) is 12.0. The third-order valence-electron chi connectivity index (χ3n) is 13.2. The molecule has 0 radical (unpaired) electrons. The molecule has 4 N–H and O–H groups in total. The molecule has 2 aliphatic heterocycles. The van der Waals surface area contributed by atoms with Crippen molar-refractivity contribution in [3.05, 3.63) is 47.0 Å². The van der Waals surface area contributed by atoms with Crippen molar-refractivity contribution in [2.75, 3.05) is 34.4 Å². The Hall–Kier alpha value is -3.22. The number of nitrogens with zero attached hydrogens (tertiary/aromatic N) is 2. The lowest BCUT2D eigenvalue weighted by molar-refractivity contribution is -0.183. The molecular weight excluding hydrogens is 709 g/mol. The van der Waals surface area contributed by atoms with E-state index in [1.807, 2.05) is 52.2 Å². The summed E-state index contributed by atoms with van der Waals surface area (Å²) in [4.78, 5) is 37.0. The summed E-state index contributed by atoms with van der Waals surface area (Å²) < 4.78 is 12.6. The quantitative estimate of drug-likeness (QED) is 0.198. The van der Waals surface area contributed by atoms with Crippen LogP contribution >= 0.6 is 0 Å². The van der Waals surface area contributed by atoms with Crippen LogP contribution in [0.3, 0.4) is 0 Å². The molecule has 11 heteroatoms. The first-order valence-corrected chi connectivity index (χ1v) is 20.6. The third kappa shape index (κ3) is 8.48. The lowest BCUT2D eigenvalue weighted by Crippen LogP contribution is -2.62. The van der Waals surface area contributed by atoms with Gasteiger partial charge < -0.3 is 35.2 Å². The minimum Gasteiger partial charge on any atom is -0.496 e. The fraction of sp³-hybridized carbons (Fsp3) is 0.689. The summed E-state index contributed by atoms with van der Waals surface area (Å²) in [6.45, 7) is 19.7. The summed E-state index contributed by atoms with van der Waals surface area (Å²) in [5.74, 6) is 1.62. The van der Waals surface area contributed by atoms with Gasteiger partial charge in [-0.1, -0.05) is 59.7 Å². The molecule has 56 heavy (non-hydrogen) atoms. The number of hydrogen-bond acceptors (Lipinski definition) is 9. The van der Waals surface area contributed by atoms with Crippen LogP contribution in [0.1, 0.15) is 103 Å². The number of para-hydroxylation sites is 1. The van der Waals surface area contributed by atoms with Gasteiger partial charge in [-0.05, 0) is 106 Å². The summed E-state index contributed by atoms with van der Waals surface area (Å²) >= 11 is 0. The highest BCUT2D eigenvalue weighted by molar-refractivity contribution is 5.99. The van der Waals surface area contributed by atoms with Gasteiger partial charge in [-0.15, -0.1) is 0 Å². The maximum atomic E-state index is 14.3. The monoisotopic (exact) mass is 777 g/mol. The molecule has 9 atom stereocenters. The Morgan fingerprint density at radius 3 is 2.43 bits per heavy atom. The van der Waals surface area contributed by atoms with E-state index < -0.39 is 29.8 Å². The number of carbonyl (C=O) groups is 2. The smallest absolute Gasteiger partial charge is 0.255 e. The van der Waals surface area contributed by atoms with Crippen molar-refractivity contribution in [1.29, 1.82) is 0 Å². The van der Waals surface area contributed by atoms with Gasteiger partial charge in [-0.2, -0.15) is 5.06 Å². The first-order chi connectivity index (χ1) is 26.1. The van der Waals surface area contributed by atoms with Crippen molar-refractivity contribution >= 4 is 11.8 Å². The summed E-state index contributed by atoms with van der Waals surface area (Å²) in [7, 11) is 5.65. The van der Waals surface area contributed by atoms with E-state index in [0.29, 0.717) is 47.8 Å². The van der Waals surface area contributed by atoms with E-state index in [2.05, 4.69) is 63.1 Å². The predicted octanol–water partition coefficient (Wildman–Crippen LogP) is 5.83. The van der Waals surface area contributed by atoms with Crippen molar-refractivity contribution in [3.63, 3.8) is 0 Å². The number of carbonyl (C=O) groups excluding carboxylic acids is 2.